The molecular formula is C20H20Cl2O6. The monoisotopic (exact) mass is 426 g/mol. The standard InChI is InChI=1S/C20H20Cl2O6/c21-13-5-1-3-11(7-13)19-25-10-16(26-19)18-17(15(24)9-23)27-20(28-18)12-4-2-6-14(22)8-12/h1-8,15-20,23-24H,9-10H2/t15-,16+,17-,18-,19?,20?/m1/s1. The molecule has 2 saturated heterocycles. The molecule has 0 spiro atoms. The third-order valence-electron chi connectivity index (χ3n) is 4.77. The van der Waals surface area contributed by atoms with Gasteiger partial charge in [0.25, 0.3) is 0 Å². The van der Waals surface area contributed by atoms with E-state index in [4.69, 9.17) is 42.1 Å². The Morgan fingerprint density at radius 1 is 0.929 bits per heavy atom. The smallest absolute Gasteiger partial charge is 0.185 e. The van der Waals surface area contributed by atoms with Gasteiger partial charge in [-0.2, -0.15) is 0 Å². The number of rotatable bonds is 5. The summed E-state index contributed by atoms with van der Waals surface area (Å²) in [6, 6.07) is 14.3. The van der Waals surface area contributed by atoms with Crippen LogP contribution in [0.5, 0.6) is 0 Å². The summed E-state index contributed by atoms with van der Waals surface area (Å²) >= 11 is 12.1. The van der Waals surface area contributed by atoms with Gasteiger partial charge in [-0.05, 0) is 24.3 Å². The molecule has 6 nitrogen and oxygen atoms in total. The lowest BCUT2D eigenvalue weighted by atomic mass is 10.0. The maximum Gasteiger partial charge on any atom is 0.185 e. The minimum absolute atomic E-state index is 0.252. The molecule has 150 valence electrons. The maximum absolute atomic E-state index is 10.2. The summed E-state index contributed by atoms with van der Waals surface area (Å²) in [5.41, 5.74) is 1.51. The molecule has 0 radical (unpaired) electrons. The van der Waals surface area contributed by atoms with Crippen molar-refractivity contribution in [3.8, 4) is 0 Å². The Morgan fingerprint density at radius 3 is 2.18 bits per heavy atom. The highest BCUT2D eigenvalue weighted by Crippen LogP contribution is 2.39. The number of aliphatic hydroxyl groups is 2. The highest BCUT2D eigenvalue weighted by atomic mass is 35.5. The van der Waals surface area contributed by atoms with E-state index in [1.165, 1.54) is 0 Å². The molecule has 0 amide bonds. The minimum Gasteiger partial charge on any atom is -0.394 e. The molecular weight excluding hydrogens is 407 g/mol. The second-order valence-corrected chi connectivity index (χ2v) is 7.61. The predicted molar refractivity (Wildman–Crippen MR) is 102 cm³/mol. The van der Waals surface area contributed by atoms with Crippen molar-refractivity contribution in [2.45, 2.75) is 37.0 Å². The average molecular weight is 427 g/mol. The second kappa shape index (κ2) is 8.65. The molecule has 0 aromatic heterocycles. The van der Waals surface area contributed by atoms with Crippen molar-refractivity contribution >= 4 is 23.2 Å². The van der Waals surface area contributed by atoms with Crippen molar-refractivity contribution in [3.63, 3.8) is 0 Å². The lowest BCUT2D eigenvalue weighted by Gasteiger charge is -2.24. The van der Waals surface area contributed by atoms with E-state index in [9.17, 15) is 10.2 Å². The van der Waals surface area contributed by atoms with Crippen LogP contribution in [-0.4, -0.2) is 47.8 Å². The molecule has 0 aliphatic carbocycles. The highest BCUT2D eigenvalue weighted by molar-refractivity contribution is 6.30. The quantitative estimate of drug-likeness (QED) is 0.763. The molecule has 2 heterocycles. The van der Waals surface area contributed by atoms with Gasteiger partial charge in [0.05, 0.1) is 13.2 Å². The summed E-state index contributed by atoms with van der Waals surface area (Å²) in [6.07, 6.45) is -4.34. The molecule has 2 aliphatic rings. The fourth-order valence-corrected chi connectivity index (χ4v) is 3.81. The first kappa shape index (κ1) is 20.1. The number of benzene rings is 2. The summed E-state index contributed by atoms with van der Waals surface area (Å²) in [5.74, 6) is 0. The maximum atomic E-state index is 10.2. The lowest BCUT2D eigenvalue weighted by Crippen LogP contribution is -2.44. The van der Waals surface area contributed by atoms with Gasteiger partial charge in [0.1, 0.15) is 24.4 Å². The largest absolute Gasteiger partial charge is 0.394 e. The van der Waals surface area contributed by atoms with Crippen molar-refractivity contribution in [2.75, 3.05) is 13.2 Å². The fraction of sp³-hybridized carbons (Fsp3) is 0.400. The molecule has 2 unspecified atom stereocenters. The van der Waals surface area contributed by atoms with Crippen LogP contribution in [0.15, 0.2) is 48.5 Å². The molecule has 2 aromatic carbocycles. The van der Waals surface area contributed by atoms with Gasteiger partial charge < -0.3 is 29.2 Å². The Balaban J connectivity index is 1.51. The van der Waals surface area contributed by atoms with Crippen LogP contribution in [0.4, 0.5) is 0 Å². The van der Waals surface area contributed by atoms with E-state index in [2.05, 4.69) is 0 Å². The van der Waals surface area contributed by atoms with E-state index in [0.29, 0.717) is 10.0 Å². The third kappa shape index (κ3) is 4.20. The molecule has 6 atom stereocenters. The Kier molecular flexibility index (Phi) is 6.20. The van der Waals surface area contributed by atoms with E-state index >= 15 is 0 Å². The molecule has 2 fully saturated rings. The van der Waals surface area contributed by atoms with Gasteiger partial charge in [0, 0.05) is 21.2 Å². The Labute approximate surface area is 172 Å². The summed E-state index contributed by atoms with van der Waals surface area (Å²) in [6.45, 7) is -0.208. The summed E-state index contributed by atoms with van der Waals surface area (Å²) < 4.78 is 23.7. The number of aliphatic hydroxyl groups excluding tert-OH is 2. The Bertz CT molecular complexity index is 819. The Hall–Kier alpha value is -1.22. The zero-order valence-corrected chi connectivity index (χ0v) is 16.3. The summed E-state index contributed by atoms with van der Waals surface area (Å²) in [4.78, 5) is 0. The van der Waals surface area contributed by atoms with Crippen LogP contribution >= 0.6 is 23.2 Å². The predicted octanol–water partition coefficient (Wildman–Crippen LogP) is 3.24. The van der Waals surface area contributed by atoms with Gasteiger partial charge in [-0.15, -0.1) is 0 Å². The van der Waals surface area contributed by atoms with E-state index in [0.717, 1.165) is 11.1 Å². The molecule has 2 aliphatic heterocycles. The van der Waals surface area contributed by atoms with Crippen LogP contribution < -0.4 is 0 Å². The van der Waals surface area contributed by atoms with Crippen molar-refractivity contribution in [1.82, 2.24) is 0 Å². The molecule has 28 heavy (non-hydrogen) atoms. The third-order valence-corrected chi connectivity index (χ3v) is 5.24. The first-order valence-corrected chi connectivity index (χ1v) is 9.68. The summed E-state index contributed by atoms with van der Waals surface area (Å²) in [7, 11) is 0. The van der Waals surface area contributed by atoms with E-state index in [1.807, 2.05) is 18.2 Å². The topological polar surface area (TPSA) is 77.4 Å². The van der Waals surface area contributed by atoms with E-state index in [1.54, 1.807) is 30.3 Å². The SMILES string of the molecule is OC[C@@H](O)[C@H]1OC(c2cccc(Cl)c2)O[C@@H]1[C@@H]1COC(c2cccc(Cl)c2)O1. The van der Waals surface area contributed by atoms with Gasteiger partial charge in [-0.3, -0.25) is 0 Å². The first-order chi connectivity index (χ1) is 13.5. The zero-order chi connectivity index (χ0) is 19.7. The van der Waals surface area contributed by atoms with E-state index in [-0.39, 0.29) is 6.61 Å². The molecule has 4 rings (SSSR count). The zero-order valence-electron chi connectivity index (χ0n) is 14.8. The normalized spacial score (nSPS) is 31.2. The van der Waals surface area contributed by atoms with Crippen LogP contribution in [0.1, 0.15) is 23.7 Å². The van der Waals surface area contributed by atoms with Gasteiger partial charge >= 0.3 is 0 Å². The molecule has 2 aromatic rings. The highest BCUT2D eigenvalue weighted by Gasteiger charge is 2.48. The van der Waals surface area contributed by atoms with E-state index < -0.39 is 43.6 Å². The van der Waals surface area contributed by atoms with Crippen LogP contribution in [0.25, 0.3) is 0 Å². The number of halogens is 2. The number of ether oxygens (including phenoxy) is 4. The first-order valence-electron chi connectivity index (χ1n) is 8.93. The van der Waals surface area contributed by atoms with Gasteiger partial charge in [0.2, 0.25) is 0 Å². The average Bonchev–Trinajstić information content (AvgIpc) is 3.34. The molecule has 2 N–H and O–H groups in total. The summed E-state index contributed by atoms with van der Waals surface area (Å²) in [5, 5.41) is 20.8. The molecule has 0 bridgehead atoms. The van der Waals surface area contributed by atoms with Crippen LogP contribution in [0.3, 0.4) is 0 Å². The van der Waals surface area contributed by atoms with Crippen molar-refractivity contribution < 1.29 is 29.2 Å². The van der Waals surface area contributed by atoms with Crippen molar-refractivity contribution in [1.29, 1.82) is 0 Å². The second-order valence-electron chi connectivity index (χ2n) is 6.73. The van der Waals surface area contributed by atoms with Gasteiger partial charge in [-0.25, -0.2) is 0 Å². The van der Waals surface area contributed by atoms with Gasteiger partial charge in [0.15, 0.2) is 12.6 Å². The number of hydrogen-bond donors (Lipinski definition) is 2. The van der Waals surface area contributed by atoms with Crippen LogP contribution in [-0.2, 0) is 18.9 Å². The van der Waals surface area contributed by atoms with Crippen molar-refractivity contribution in [2.24, 2.45) is 0 Å². The Morgan fingerprint density at radius 2 is 1.57 bits per heavy atom. The molecule has 0 saturated carbocycles. The van der Waals surface area contributed by atoms with Crippen LogP contribution in [0, 0.1) is 0 Å². The number of hydrogen-bond acceptors (Lipinski definition) is 6. The van der Waals surface area contributed by atoms with Crippen molar-refractivity contribution in [3.05, 3.63) is 69.7 Å². The molecule has 8 heteroatoms. The fourth-order valence-electron chi connectivity index (χ4n) is 3.42. The van der Waals surface area contributed by atoms with Gasteiger partial charge in [-0.1, -0.05) is 47.5 Å². The lowest BCUT2D eigenvalue weighted by molar-refractivity contribution is -0.107. The van der Waals surface area contributed by atoms with Crippen LogP contribution in [0.2, 0.25) is 10.0 Å². The minimum atomic E-state index is -1.12.